The van der Waals surface area contributed by atoms with Crippen molar-refractivity contribution in [1.82, 2.24) is 9.21 Å². The number of thiophene rings is 1. The SMILES string of the molecule is C[C@@H]1CCc2c(C(=O)N3CCN(S(C)(=O)=O)CC3)csc2C1. The Morgan fingerprint density at radius 3 is 2.59 bits per heavy atom. The average Bonchev–Trinajstić information content (AvgIpc) is 2.88. The van der Waals surface area contributed by atoms with Gasteiger partial charge in [0.05, 0.1) is 11.8 Å². The fourth-order valence-corrected chi connectivity index (χ4v) is 5.31. The number of piperazine rings is 1. The van der Waals surface area contributed by atoms with Crippen LogP contribution in [0.25, 0.3) is 0 Å². The number of amides is 1. The number of nitrogens with zero attached hydrogens (tertiary/aromatic N) is 2. The first-order valence-corrected chi connectivity index (χ1v) is 10.4. The van der Waals surface area contributed by atoms with Crippen LogP contribution in [0.15, 0.2) is 5.38 Å². The zero-order valence-corrected chi connectivity index (χ0v) is 14.7. The Morgan fingerprint density at radius 2 is 1.95 bits per heavy atom. The van der Waals surface area contributed by atoms with Gasteiger partial charge in [-0.25, -0.2) is 8.42 Å². The second-order valence-corrected chi connectivity index (χ2v) is 9.30. The van der Waals surface area contributed by atoms with Crippen LogP contribution in [0.2, 0.25) is 0 Å². The quantitative estimate of drug-likeness (QED) is 0.820. The van der Waals surface area contributed by atoms with Crippen LogP contribution in [-0.4, -0.2) is 56.0 Å². The topological polar surface area (TPSA) is 57.7 Å². The lowest BCUT2D eigenvalue weighted by Crippen LogP contribution is -2.50. The van der Waals surface area contributed by atoms with E-state index in [0.717, 1.165) is 24.8 Å². The minimum atomic E-state index is -3.15. The highest BCUT2D eigenvalue weighted by molar-refractivity contribution is 7.88. The van der Waals surface area contributed by atoms with Crippen molar-refractivity contribution in [3.05, 3.63) is 21.4 Å². The lowest BCUT2D eigenvalue weighted by Gasteiger charge is -2.33. The molecule has 1 saturated heterocycles. The summed E-state index contributed by atoms with van der Waals surface area (Å²) in [5.41, 5.74) is 2.08. The van der Waals surface area contributed by atoms with Crippen LogP contribution in [0.1, 0.15) is 34.1 Å². The van der Waals surface area contributed by atoms with Crippen LogP contribution >= 0.6 is 11.3 Å². The maximum atomic E-state index is 12.7. The van der Waals surface area contributed by atoms with E-state index in [1.807, 2.05) is 5.38 Å². The molecule has 0 saturated carbocycles. The molecule has 5 nitrogen and oxygen atoms in total. The largest absolute Gasteiger partial charge is 0.336 e. The van der Waals surface area contributed by atoms with Crippen LogP contribution in [0, 0.1) is 5.92 Å². The maximum absolute atomic E-state index is 12.7. The van der Waals surface area contributed by atoms with Crippen molar-refractivity contribution in [2.75, 3.05) is 32.4 Å². The molecule has 1 aliphatic heterocycles. The van der Waals surface area contributed by atoms with Crippen molar-refractivity contribution < 1.29 is 13.2 Å². The third kappa shape index (κ3) is 3.07. The monoisotopic (exact) mass is 342 g/mol. The first kappa shape index (κ1) is 16.0. The smallest absolute Gasteiger partial charge is 0.255 e. The Labute approximate surface area is 136 Å². The summed E-state index contributed by atoms with van der Waals surface area (Å²) in [5, 5.41) is 1.99. The Balaban J connectivity index is 1.71. The molecule has 0 radical (unpaired) electrons. The number of fused-ring (bicyclic) bond motifs is 1. The number of carbonyl (C=O) groups excluding carboxylic acids is 1. The summed E-state index contributed by atoms with van der Waals surface area (Å²) in [5.74, 6) is 0.771. The summed E-state index contributed by atoms with van der Waals surface area (Å²) in [6.45, 7) is 4.01. The molecule has 122 valence electrons. The average molecular weight is 342 g/mol. The molecule has 2 aliphatic rings. The zero-order chi connectivity index (χ0) is 15.9. The van der Waals surface area contributed by atoms with Gasteiger partial charge in [0, 0.05) is 36.4 Å². The molecule has 1 aliphatic carbocycles. The minimum Gasteiger partial charge on any atom is -0.336 e. The molecule has 0 unspecified atom stereocenters. The Morgan fingerprint density at radius 1 is 1.27 bits per heavy atom. The first-order valence-electron chi connectivity index (χ1n) is 7.70. The number of rotatable bonds is 2. The van der Waals surface area contributed by atoms with Crippen LogP contribution in [0.4, 0.5) is 0 Å². The molecule has 1 atom stereocenters. The molecule has 3 rings (SSSR count). The van der Waals surface area contributed by atoms with E-state index in [-0.39, 0.29) is 5.91 Å². The van der Waals surface area contributed by atoms with E-state index < -0.39 is 10.0 Å². The van der Waals surface area contributed by atoms with Gasteiger partial charge in [-0.3, -0.25) is 4.79 Å². The van der Waals surface area contributed by atoms with Crippen LogP contribution in [0.3, 0.4) is 0 Å². The summed E-state index contributed by atoms with van der Waals surface area (Å²) in [6, 6.07) is 0. The standard InChI is InChI=1S/C15H22N2O3S2/c1-11-3-4-12-13(10-21-14(12)9-11)15(18)16-5-7-17(8-6-16)22(2,19)20/h10-11H,3-9H2,1-2H3/t11-/m1/s1. The lowest BCUT2D eigenvalue weighted by atomic mass is 9.88. The first-order chi connectivity index (χ1) is 10.4. The molecule has 2 heterocycles. The van der Waals surface area contributed by atoms with Crippen molar-refractivity contribution >= 4 is 27.3 Å². The number of hydrogen-bond donors (Lipinski definition) is 0. The fourth-order valence-electron chi connectivity index (χ4n) is 3.25. The normalized spacial score (nSPS) is 23.4. The van der Waals surface area contributed by atoms with Crippen molar-refractivity contribution in [2.45, 2.75) is 26.2 Å². The lowest BCUT2D eigenvalue weighted by molar-refractivity contribution is 0.0697. The molecule has 0 aromatic carbocycles. The highest BCUT2D eigenvalue weighted by atomic mass is 32.2. The van der Waals surface area contributed by atoms with Gasteiger partial charge in [-0.1, -0.05) is 6.92 Å². The van der Waals surface area contributed by atoms with Gasteiger partial charge < -0.3 is 4.90 Å². The van der Waals surface area contributed by atoms with Crippen molar-refractivity contribution in [3.8, 4) is 0 Å². The van der Waals surface area contributed by atoms with Crippen molar-refractivity contribution in [2.24, 2.45) is 5.92 Å². The Kier molecular flexibility index (Phi) is 4.31. The summed E-state index contributed by atoms with van der Waals surface area (Å²) in [6.07, 6.45) is 4.44. The number of sulfonamides is 1. The van der Waals surface area contributed by atoms with Gasteiger partial charge in [-0.15, -0.1) is 11.3 Å². The predicted molar refractivity (Wildman–Crippen MR) is 87.8 cm³/mol. The van der Waals surface area contributed by atoms with Gasteiger partial charge in [0.15, 0.2) is 0 Å². The minimum absolute atomic E-state index is 0.0696. The third-order valence-corrected chi connectivity index (χ3v) is 6.98. The van der Waals surface area contributed by atoms with Gasteiger partial charge in [0.2, 0.25) is 10.0 Å². The van der Waals surface area contributed by atoms with Gasteiger partial charge in [-0.2, -0.15) is 4.31 Å². The Hall–Kier alpha value is -0.920. The Bertz CT molecular complexity index is 673. The summed E-state index contributed by atoms with van der Waals surface area (Å²) in [7, 11) is -3.15. The highest BCUT2D eigenvalue weighted by Crippen LogP contribution is 2.33. The van der Waals surface area contributed by atoms with Crippen LogP contribution < -0.4 is 0 Å². The van der Waals surface area contributed by atoms with E-state index in [4.69, 9.17) is 0 Å². The zero-order valence-electron chi connectivity index (χ0n) is 13.0. The van der Waals surface area contributed by atoms with Gasteiger partial charge in [0.25, 0.3) is 5.91 Å². The molecular formula is C15H22N2O3S2. The summed E-state index contributed by atoms with van der Waals surface area (Å²) < 4.78 is 24.5. The molecule has 1 fully saturated rings. The molecule has 0 spiro atoms. The highest BCUT2D eigenvalue weighted by Gasteiger charge is 2.29. The van der Waals surface area contributed by atoms with Gasteiger partial charge >= 0.3 is 0 Å². The summed E-state index contributed by atoms with van der Waals surface area (Å²) in [4.78, 5) is 15.9. The van der Waals surface area contributed by atoms with Gasteiger partial charge in [-0.05, 0) is 30.7 Å². The molecule has 0 N–H and O–H groups in total. The molecule has 1 aromatic rings. The van der Waals surface area contributed by atoms with Crippen LogP contribution in [0.5, 0.6) is 0 Å². The fraction of sp³-hybridized carbons (Fsp3) is 0.667. The molecule has 0 bridgehead atoms. The molecule has 1 aromatic heterocycles. The van der Waals surface area contributed by atoms with E-state index >= 15 is 0 Å². The van der Waals surface area contributed by atoms with Gasteiger partial charge in [0.1, 0.15) is 0 Å². The molecule has 1 amide bonds. The maximum Gasteiger partial charge on any atom is 0.255 e. The van der Waals surface area contributed by atoms with Crippen molar-refractivity contribution in [1.29, 1.82) is 0 Å². The van der Waals surface area contributed by atoms with Crippen molar-refractivity contribution in [3.63, 3.8) is 0 Å². The van der Waals surface area contributed by atoms with Crippen LogP contribution in [-0.2, 0) is 22.9 Å². The molecule has 7 heteroatoms. The molecule has 22 heavy (non-hydrogen) atoms. The molecular weight excluding hydrogens is 320 g/mol. The second-order valence-electron chi connectivity index (χ2n) is 6.35. The number of carbonyl (C=O) groups is 1. The predicted octanol–water partition coefficient (Wildman–Crippen LogP) is 1.59. The van der Waals surface area contributed by atoms with E-state index in [1.54, 1.807) is 16.2 Å². The van der Waals surface area contributed by atoms with E-state index in [2.05, 4.69) is 6.92 Å². The second kappa shape index (κ2) is 5.94. The van der Waals surface area contributed by atoms with E-state index in [9.17, 15) is 13.2 Å². The summed E-state index contributed by atoms with van der Waals surface area (Å²) >= 11 is 1.70. The van der Waals surface area contributed by atoms with E-state index in [0.29, 0.717) is 32.1 Å². The third-order valence-electron chi connectivity index (χ3n) is 4.63. The van der Waals surface area contributed by atoms with E-state index in [1.165, 1.54) is 21.0 Å². The number of hydrogen-bond acceptors (Lipinski definition) is 4.